The minimum Gasteiger partial charge on any atom is -0.316 e. The van der Waals surface area contributed by atoms with Gasteiger partial charge in [0.2, 0.25) is 0 Å². The fourth-order valence-corrected chi connectivity index (χ4v) is 2.37. The number of halogens is 1. The number of nitrogens with zero attached hydrogens (tertiary/aromatic N) is 2. The van der Waals surface area contributed by atoms with E-state index in [4.69, 9.17) is 0 Å². The highest BCUT2D eigenvalue weighted by Gasteiger charge is 2.08. The van der Waals surface area contributed by atoms with E-state index in [1.54, 1.807) is 6.07 Å². The molecular formula is C17H22FN3. The summed E-state index contributed by atoms with van der Waals surface area (Å²) in [5, 5.41) is 3.08. The van der Waals surface area contributed by atoms with Crippen LogP contribution in [0.4, 0.5) is 4.39 Å². The maximum absolute atomic E-state index is 13.9. The van der Waals surface area contributed by atoms with Gasteiger partial charge in [0.1, 0.15) is 5.82 Å². The van der Waals surface area contributed by atoms with E-state index in [-0.39, 0.29) is 5.82 Å². The highest BCUT2D eigenvalue weighted by molar-refractivity contribution is 5.25. The normalized spacial score (nSPS) is 11.1. The molecule has 0 spiro atoms. The van der Waals surface area contributed by atoms with Crippen LogP contribution in [0.1, 0.15) is 22.5 Å². The molecule has 4 heteroatoms. The van der Waals surface area contributed by atoms with E-state index in [9.17, 15) is 4.39 Å². The molecule has 0 unspecified atom stereocenters. The van der Waals surface area contributed by atoms with Crippen molar-refractivity contribution in [2.45, 2.75) is 26.6 Å². The molecule has 2 aromatic rings. The van der Waals surface area contributed by atoms with Crippen molar-refractivity contribution in [1.29, 1.82) is 0 Å². The Balaban J connectivity index is 2.05. The second-order valence-corrected chi connectivity index (χ2v) is 5.40. The predicted molar refractivity (Wildman–Crippen MR) is 83.3 cm³/mol. The van der Waals surface area contributed by atoms with Crippen LogP contribution in [0.3, 0.4) is 0 Å². The van der Waals surface area contributed by atoms with Crippen LogP contribution in [0, 0.1) is 12.7 Å². The number of rotatable bonds is 6. The van der Waals surface area contributed by atoms with Crippen LogP contribution in [0.2, 0.25) is 0 Å². The van der Waals surface area contributed by atoms with Crippen molar-refractivity contribution in [3.63, 3.8) is 0 Å². The zero-order valence-corrected chi connectivity index (χ0v) is 12.9. The molecule has 1 heterocycles. The van der Waals surface area contributed by atoms with Crippen molar-refractivity contribution in [2.75, 3.05) is 14.1 Å². The van der Waals surface area contributed by atoms with Crippen molar-refractivity contribution in [2.24, 2.45) is 0 Å². The first-order valence-electron chi connectivity index (χ1n) is 7.11. The van der Waals surface area contributed by atoms with Gasteiger partial charge in [-0.2, -0.15) is 0 Å². The van der Waals surface area contributed by atoms with Gasteiger partial charge in [-0.3, -0.25) is 9.88 Å². The molecule has 0 atom stereocenters. The number of benzene rings is 1. The number of aromatic nitrogens is 1. The third kappa shape index (κ3) is 4.62. The lowest BCUT2D eigenvalue weighted by atomic mass is 10.1. The zero-order valence-electron chi connectivity index (χ0n) is 12.9. The molecule has 0 fully saturated rings. The van der Waals surface area contributed by atoms with Gasteiger partial charge in [0.25, 0.3) is 0 Å². The molecule has 1 aromatic carbocycles. The third-order valence-electron chi connectivity index (χ3n) is 3.31. The number of nitrogens with one attached hydrogen (secondary N) is 1. The van der Waals surface area contributed by atoms with Crippen LogP contribution in [-0.4, -0.2) is 24.0 Å². The lowest BCUT2D eigenvalue weighted by molar-refractivity contribution is 0.309. The average Bonchev–Trinajstić information content (AvgIpc) is 2.43. The SMILES string of the molecule is CNCc1ccc(F)c(CN(C)Cc2cccc(C)n2)c1. The highest BCUT2D eigenvalue weighted by atomic mass is 19.1. The second kappa shape index (κ2) is 7.29. The number of aryl methyl sites for hydroxylation is 1. The van der Waals surface area contributed by atoms with Crippen LogP contribution >= 0.6 is 0 Å². The first kappa shape index (κ1) is 15.6. The molecule has 1 N–H and O–H groups in total. The van der Waals surface area contributed by atoms with Crippen molar-refractivity contribution in [1.82, 2.24) is 15.2 Å². The number of pyridine rings is 1. The largest absolute Gasteiger partial charge is 0.316 e. The van der Waals surface area contributed by atoms with Gasteiger partial charge < -0.3 is 5.32 Å². The standard InChI is InChI=1S/C17H22FN3/c1-13-5-4-6-16(20-13)12-21(3)11-15-9-14(10-19-2)7-8-17(15)18/h4-9,19H,10-12H2,1-3H3. The highest BCUT2D eigenvalue weighted by Crippen LogP contribution is 2.14. The van der Waals surface area contributed by atoms with Gasteiger partial charge in [0.05, 0.1) is 5.69 Å². The van der Waals surface area contributed by atoms with Gasteiger partial charge in [-0.1, -0.05) is 18.2 Å². The molecule has 112 valence electrons. The van der Waals surface area contributed by atoms with E-state index >= 15 is 0 Å². The van der Waals surface area contributed by atoms with E-state index in [1.165, 1.54) is 0 Å². The van der Waals surface area contributed by atoms with Gasteiger partial charge in [-0.25, -0.2) is 4.39 Å². The Morgan fingerprint density at radius 3 is 2.71 bits per heavy atom. The van der Waals surface area contributed by atoms with Crippen LogP contribution in [0.5, 0.6) is 0 Å². The Bertz CT molecular complexity index is 598. The summed E-state index contributed by atoms with van der Waals surface area (Å²) in [7, 11) is 3.87. The molecule has 0 saturated heterocycles. The summed E-state index contributed by atoms with van der Waals surface area (Å²) in [6, 6.07) is 11.3. The van der Waals surface area contributed by atoms with E-state index in [2.05, 4.69) is 15.2 Å². The van der Waals surface area contributed by atoms with Crippen LogP contribution in [-0.2, 0) is 19.6 Å². The Morgan fingerprint density at radius 2 is 2.00 bits per heavy atom. The van der Waals surface area contributed by atoms with E-state index < -0.39 is 0 Å². The molecule has 0 radical (unpaired) electrons. The fourth-order valence-electron chi connectivity index (χ4n) is 2.37. The Kier molecular flexibility index (Phi) is 5.42. The first-order chi connectivity index (χ1) is 10.1. The van der Waals surface area contributed by atoms with Crippen molar-refractivity contribution in [3.05, 3.63) is 64.7 Å². The monoisotopic (exact) mass is 287 g/mol. The summed E-state index contributed by atoms with van der Waals surface area (Å²) < 4.78 is 13.9. The maximum Gasteiger partial charge on any atom is 0.127 e. The molecule has 0 aliphatic rings. The third-order valence-corrected chi connectivity index (χ3v) is 3.31. The van der Waals surface area contributed by atoms with Gasteiger partial charge in [0, 0.05) is 30.9 Å². The summed E-state index contributed by atoms with van der Waals surface area (Å²) in [6.45, 7) is 4.00. The van der Waals surface area contributed by atoms with E-state index in [1.807, 2.05) is 51.4 Å². The Hall–Kier alpha value is -1.78. The second-order valence-electron chi connectivity index (χ2n) is 5.40. The molecule has 0 saturated carbocycles. The molecule has 0 amide bonds. The van der Waals surface area contributed by atoms with Crippen molar-refractivity contribution in [3.8, 4) is 0 Å². The first-order valence-corrected chi connectivity index (χ1v) is 7.11. The topological polar surface area (TPSA) is 28.2 Å². The molecule has 2 rings (SSSR count). The summed E-state index contributed by atoms with van der Waals surface area (Å²) in [5.41, 5.74) is 3.82. The van der Waals surface area contributed by atoms with E-state index in [0.29, 0.717) is 13.1 Å². The summed E-state index contributed by atoms with van der Waals surface area (Å²) in [5.74, 6) is -0.154. The van der Waals surface area contributed by atoms with Gasteiger partial charge in [-0.05, 0) is 44.8 Å². The fraction of sp³-hybridized carbons (Fsp3) is 0.353. The van der Waals surface area contributed by atoms with Crippen LogP contribution < -0.4 is 5.32 Å². The van der Waals surface area contributed by atoms with Crippen LogP contribution in [0.25, 0.3) is 0 Å². The minimum atomic E-state index is -0.154. The van der Waals surface area contributed by atoms with Gasteiger partial charge in [-0.15, -0.1) is 0 Å². The molecule has 21 heavy (non-hydrogen) atoms. The molecule has 0 bridgehead atoms. The average molecular weight is 287 g/mol. The summed E-state index contributed by atoms with van der Waals surface area (Å²) in [4.78, 5) is 6.55. The summed E-state index contributed by atoms with van der Waals surface area (Å²) in [6.07, 6.45) is 0. The summed E-state index contributed by atoms with van der Waals surface area (Å²) >= 11 is 0. The van der Waals surface area contributed by atoms with Crippen molar-refractivity contribution >= 4 is 0 Å². The molecular weight excluding hydrogens is 265 g/mol. The molecule has 3 nitrogen and oxygen atoms in total. The predicted octanol–water partition coefficient (Wildman–Crippen LogP) is 2.88. The quantitative estimate of drug-likeness (QED) is 0.885. The number of hydrogen-bond donors (Lipinski definition) is 1. The van der Waals surface area contributed by atoms with Gasteiger partial charge >= 0.3 is 0 Å². The zero-order chi connectivity index (χ0) is 15.2. The molecule has 0 aliphatic heterocycles. The molecule has 0 aliphatic carbocycles. The Morgan fingerprint density at radius 1 is 1.19 bits per heavy atom. The van der Waals surface area contributed by atoms with Crippen molar-refractivity contribution < 1.29 is 4.39 Å². The maximum atomic E-state index is 13.9. The van der Waals surface area contributed by atoms with Gasteiger partial charge in [0.15, 0.2) is 0 Å². The van der Waals surface area contributed by atoms with Crippen LogP contribution in [0.15, 0.2) is 36.4 Å². The lowest BCUT2D eigenvalue weighted by Crippen LogP contribution is -2.19. The Labute approximate surface area is 125 Å². The van der Waals surface area contributed by atoms with E-state index in [0.717, 1.165) is 29.1 Å². The number of hydrogen-bond acceptors (Lipinski definition) is 3. The molecule has 1 aromatic heterocycles. The lowest BCUT2D eigenvalue weighted by Gasteiger charge is -2.17. The smallest absolute Gasteiger partial charge is 0.127 e. The minimum absolute atomic E-state index is 0.154.